The first-order valence-electron chi connectivity index (χ1n) is 8.90. The fourth-order valence-corrected chi connectivity index (χ4v) is 2.35. The Bertz CT molecular complexity index is 709. The summed E-state index contributed by atoms with van der Waals surface area (Å²) in [6, 6.07) is 11.8. The molecular weight excluding hydrogens is 346 g/mol. The monoisotopic (exact) mass is 374 g/mol. The Morgan fingerprint density at radius 3 is 2.26 bits per heavy atom. The Hall–Kier alpha value is -2.53. The molecular formula is C22H28F2N2O. The van der Waals surface area contributed by atoms with E-state index in [0.29, 0.717) is 5.56 Å². The molecule has 5 heteroatoms. The number of carbonyl (C=O) groups excluding carboxylic acids is 1. The van der Waals surface area contributed by atoms with E-state index in [-0.39, 0.29) is 5.91 Å². The molecule has 0 atom stereocenters. The second kappa shape index (κ2) is 12.0. The third-order valence-corrected chi connectivity index (χ3v) is 3.66. The van der Waals surface area contributed by atoms with Crippen molar-refractivity contribution in [3.8, 4) is 0 Å². The van der Waals surface area contributed by atoms with Gasteiger partial charge in [-0.05, 0) is 55.6 Å². The van der Waals surface area contributed by atoms with Crippen LogP contribution >= 0.6 is 0 Å². The topological polar surface area (TPSA) is 41.1 Å². The molecule has 0 saturated heterocycles. The third-order valence-electron chi connectivity index (χ3n) is 3.66. The van der Waals surface area contributed by atoms with Crippen molar-refractivity contribution in [2.24, 2.45) is 0 Å². The predicted octanol–water partition coefficient (Wildman–Crippen LogP) is 4.61. The number of allylic oxidation sites excluding steroid dienone is 1. The van der Waals surface area contributed by atoms with Crippen LogP contribution in [0.4, 0.5) is 8.78 Å². The van der Waals surface area contributed by atoms with Gasteiger partial charge in [-0.15, -0.1) is 0 Å². The minimum Gasteiger partial charge on any atom is -0.356 e. The summed E-state index contributed by atoms with van der Waals surface area (Å²) in [6.07, 6.45) is 0.944. The zero-order valence-electron chi connectivity index (χ0n) is 16.2. The maximum Gasteiger partial charge on any atom is 0.216 e. The number of benzene rings is 2. The molecule has 0 aromatic heterocycles. The number of halogens is 2. The minimum atomic E-state index is -0.521. The number of hydrogen-bond donors (Lipinski definition) is 2. The molecule has 146 valence electrons. The van der Waals surface area contributed by atoms with Crippen LogP contribution in [0.15, 0.2) is 49.0 Å². The van der Waals surface area contributed by atoms with Gasteiger partial charge in [0, 0.05) is 26.1 Å². The Morgan fingerprint density at radius 2 is 1.70 bits per heavy atom. The summed E-state index contributed by atoms with van der Waals surface area (Å²) < 4.78 is 24.4. The van der Waals surface area contributed by atoms with Crippen LogP contribution in [0.3, 0.4) is 0 Å². The van der Waals surface area contributed by atoms with Crippen LogP contribution in [0, 0.1) is 18.6 Å². The molecule has 0 fully saturated rings. The highest BCUT2D eigenvalue weighted by molar-refractivity contribution is 5.72. The summed E-state index contributed by atoms with van der Waals surface area (Å²) in [5, 5.41) is 6.14. The standard InChI is InChI=1S/C15H22N2O.C7H6F2/c1-12(2)15-7-4-6-14(10-15)11-16-8-5-9-17-13(3)18;1-5-2-6(8)4-7(9)3-5/h4,6-7,10,16H,1,5,8-9,11H2,2-3H3,(H,17,18);2-4H,1H3. The van der Waals surface area contributed by atoms with Crippen molar-refractivity contribution in [2.75, 3.05) is 13.1 Å². The first-order valence-corrected chi connectivity index (χ1v) is 8.90. The summed E-state index contributed by atoms with van der Waals surface area (Å²) in [5.41, 5.74) is 4.14. The van der Waals surface area contributed by atoms with Gasteiger partial charge >= 0.3 is 0 Å². The van der Waals surface area contributed by atoms with Crippen molar-refractivity contribution in [3.05, 3.63) is 77.4 Å². The van der Waals surface area contributed by atoms with Gasteiger partial charge in [0.25, 0.3) is 0 Å². The number of amides is 1. The summed E-state index contributed by atoms with van der Waals surface area (Å²) in [4.78, 5) is 10.7. The van der Waals surface area contributed by atoms with E-state index in [1.165, 1.54) is 30.2 Å². The van der Waals surface area contributed by atoms with Gasteiger partial charge in [0.05, 0.1) is 0 Å². The van der Waals surface area contributed by atoms with E-state index < -0.39 is 11.6 Å². The number of hydrogen-bond acceptors (Lipinski definition) is 2. The van der Waals surface area contributed by atoms with Gasteiger partial charge in [-0.3, -0.25) is 4.79 Å². The largest absolute Gasteiger partial charge is 0.356 e. The van der Waals surface area contributed by atoms with Crippen LogP contribution in [-0.4, -0.2) is 19.0 Å². The lowest BCUT2D eigenvalue weighted by molar-refractivity contribution is -0.118. The van der Waals surface area contributed by atoms with Gasteiger partial charge in [-0.25, -0.2) is 8.78 Å². The zero-order valence-corrected chi connectivity index (χ0v) is 16.2. The second-order valence-corrected chi connectivity index (χ2v) is 6.44. The lowest BCUT2D eigenvalue weighted by Crippen LogP contribution is -2.24. The fraction of sp³-hybridized carbons (Fsp3) is 0.318. The predicted molar refractivity (Wildman–Crippen MR) is 107 cm³/mol. The molecule has 2 rings (SSSR count). The molecule has 27 heavy (non-hydrogen) atoms. The number of carbonyl (C=O) groups is 1. The van der Waals surface area contributed by atoms with Crippen molar-refractivity contribution >= 4 is 11.5 Å². The second-order valence-electron chi connectivity index (χ2n) is 6.44. The van der Waals surface area contributed by atoms with Crippen LogP contribution in [-0.2, 0) is 11.3 Å². The van der Waals surface area contributed by atoms with Crippen LogP contribution in [0.1, 0.15) is 37.0 Å². The maximum atomic E-state index is 12.2. The molecule has 0 aliphatic rings. The van der Waals surface area contributed by atoms with Gasteiger partial charge in [0.15, 0.2) is 0 Å². The van der Waals surface area contributed by atoms with E-state index in [1.807, 2.05) is 6.92 Å². The number of nitrogens with one attached hydrogen (secondary N) is 2. The molecule has 0 spiro atoms. The first kappa shape index (κ1) is 22.5. The summed E-state index contributed by atoms with van der Waals surface area (Å²) in [5.74, 6) is -1.01. The van der Waals surface area contributed by atoms with Crippen molar-refractivity contribution in [3.63, 3.8) is 0 Å². The van der Waals surface area contributed by atoms with Gasteiger partial charge in [0.1, 0.15) is 11.6 Å². The smallest absolute Gasteiger partial charge is 0.216 e. The Balaban J connectivity index is 0.000000337. The molecule has 2 aromatic carbocycles. The minimum absolute atomic E-state index is 0.0316. The molecule has 0 bridgehead atoms. The Labute approximate surface area is 160 Å². The van der Waals surface area contributed by atoms with Crippen molar-refractivity contribution < 1.29 is 13.6 Å². The van der Waals surface area contributed by atoms with Gasteiger partial charge in [0.2, 0.25) is 5.91 Å². The highest BCUT2D eigenvalue weighted by atomic mass is 19.1. The lowest BCUT2D eigenvalue weighted by Gasteiger charge is -2.07. The van der Waals surface area contributed by atoms with E-state index in [0.717, 1.165) is 37.7 Å². The molecule has 2 aromatic rings. The Kier molecular flexibility index (Phi) is 9.98. The fourth-order valence-electron chi connectivity index (χ4n) is 2.35. The van der Waals surface area contributed by atoms with E-state index >= 15 is 0 Å². The maximum absolute atomic E-state index is 12.2. The summed E-state index contributed by atoms with van der Waals surface area (Å²) >= 11 is 0. The Morgan fingerprint density at radius 1 is 1.04 bits per heavy atom. The SMILES string of the molecule is C=C(C)c1cccc(CNCCCNC(C)=O)c1.Cc1cc(F)cc(F)c1. The number of aryl methyl sites for hydroxylation is 1. The van der Waals surface area contributed by atoms with Crippen molar-refractivity contribution in [2.45, 2.75) is 33.7 Å². The summed E-state index contributed by atoms with van der Waals surface area (Å²) in [7, 11) is 0. The van der Waals surface area contributed by atoms with E-state index in [1.54, 1.807) is 6.92 Å². The van der Waals surface area contributed by atoms with Crippen LogP contribution in [0.5, 0.6) is 0 Å². The van der Waals surface area contributed by atoms with Crippen LogP contribution in [0.25, 0.3) is 5.57 Å². The van der Waals surface area contributed by atoms with Crippen LogP contribution < -0.4 is 10.6 Å². The molecule has 0 saturated carbocycles. The molecule has 0 radical (unpaired) electrons. The zero-order chi connectivity index (χ0) is 20.2. The van der Waals surface area contributed by atoms with E-state index in [2.05, 4.69) is 41.5 Å². The normalized spacial score (nSPS) is 9.96. The highest BCUT2D eigenvalue weighted by Crippen LogP contribution is 2.13. The molecule has 0 aliphatic carbocycles. The first-order chi connectivity index (χ1) is 12.8. The third kappa shape index (κ3) is 10.3. The average Bonchev–Trinajstić information content (AvgIpc) is 2.57. The van der Waals surface area contributed by atoms with Gasteiger partial charge < -0.3 is 10.6 Å². The number of rotatable bonds is 7. The van der Waals surface area contributed by atoms with Gasteiger partial charge in [-0.1, -0.05) is 36.4 Å². The van der Waals surface area contributed by atoms with Crippen molar-refractivity contribution in [1.29, 1.82) is 0 Å². The highest BCUT2D eigenvalue weighted by Gasteiger charge is 1.97. The molecule has 3 nitrogen and oxygen atoms in total. The van der Waals surface area contributed by atoms with E-state index in [4.69, 9.17) is 0 Å². The molecule has 0 unspecified atom stereocenters. The quantitative estimate of drug-likeness (QED) is 0.695. The van der Waals surface area contributed by atoms with E-state index in [9.17, 15) is 13.6 Å². The average molecular weight is 374 g/mol. The summed E-state index contributed by atoms with van der Waals surface area (Å²) in [6.45, 7) is 11.6. The molecule has 0 heterocycles. The van der Waals surface area contributed by atoms with Crippen LogP contribution in [0.2, 0.25) is 0 Å². The van der Waals surface area contributed by atoms with Gasteiger partial charge in [-0.2, -0.15) is 0 Å². The molecule has 1 amide bonds. The molecule has 0 aliphatic heterocycles. The van der Waals surface area contributed by atoms with Crippen molar-refractivity contribution in [1.82, 2.24) is 10.6 Å². The molecule has 2 N–H and O–H groups in total. The lowest BCUT2D eigenvalue weighted by atomic mass is 10.1.